The molecule has 0 N–H and O–H groups in total. The number of carbonyl (C=O) groups excluding carboxylic acids is 1. The van der Waals surface area contributed by atoms with Gasteiger partial charge in [0.2, 0.25) is 0 Å². The lowest BCUT2D eigenvalue weighted by Gasteiger charge is -2.37. The second-order valence-electron chi connectivity index (χ2n) is 6.63. The van der Waals surface area contributed by atoms with Crippen LogP contribution in [0.25, 0.3) is 0 Å². The molecule has 0 bridgehead atoms. The van der Waals surface area contributed by atoms with Crippen molar-refractivity contribution in [1.82, 2.24) is 14.4 Å². The minimum atomic E-state index is 0.191. The standard InChI is InChI=1S/C17H27N3O2/c1-14-5-7-18(2)16(14)17(21)20-6-3-4-15(13-20)12-19-8-10-22-11-9-19/h5,7,15H,3-4,6,8-13H2,1-2H3/t15-/m1/s1. The highest BCUT2D eigenvalue weighted by molar-refractivity contribution is 5.94. The van der Waals surface area contributed by atoms with Crippen molar-refractivity contribution in [3.63, 3.8) is 0 Å². The first-order valence-corrected chi connectivity index (χ1v) is 8.36. The third-order valence-corrected chi connectivity index (χ3v) is 4.90. The fourth-order valence-electron chi connectivity index (χ4n) is 3.67. The van der Waals surface area contributed by atoms with Crippen LogP contribution >= 0.6 is 0 Å². The van der Waals surface area contributed by atoms with Gasteiger partial charge in [-0.05, 0) is 37.3 Å². The predicted octanol–water partition coefficient (Wildman–Crippen LogP) is 1.52. The van der Waals surface area contributed by atoms with Gasteiger partial charge in [0.05, 0.1) is 13.2 Å². The molecule has 5 heteroatoms. The minimum Gasteiger partial charge on any atom is -0.379 e. The van der Waals surface area contributed by atoms with Crippen molar-refractivity contribution in [3.05, 3.63) is 23.5 Å². The fourth-order valence-corrected chi connectivity index (χ4v) is 3.67. The fraction of sp³-hybridized carbons (Fsp3) is 0.706. The third kappa shape index (κ3) is 3.36. The van der Waals surface area contributed by atoms with E-state index in [-0.39, 0.29) is 5.91 Å². The second kappa shape index (κ2) is 6.84. The van der Waals surface area contributed by atoms with E-state index in [2.05, 4.69) is 9.80 Å². The monoisotopic (exact) mass is 305 g/mol. The highest BCUT2D eigenvalue weighted by atomic mass is 16.5. The van der Waals surface area contributed by atoms with Crippen LogP contribution in [0.5, 0.6) is 0 Å². The van der Waals surface area contributed by atoms with Crippen LogP contribution < -0.4 is 0 Å². The van der Waals surface area contributed by atoms with E-state index in [0.717, 1.165) is 63.6 Å². The molecule has 0 aliphatic carbocycles. The highest BCUT2D eigenvalue weighted by Gasteiger charge is 2.28. The maximum atomic E-state index is 12.8. The van der Waals surface area contributed by atoms with Crippen molar-refractivity contribution in [3.8, 4) is 0 Å². The maximum absolute atomic E-state index is 12.8. The molecule has 0 aromatic carbocycles. The summed E-state index contributed by atoms with van der Waals surface area (Å²) in [5.41, 5.74) is 1.91. The van der Waals surface area contributed by atoms with Crippen LogP contribution in [-0.4, -0.2) is 66.2 Å². The third-order valence-electron chi connectivity index (χ3n) is 4.90. The first-order valence-electron chi connectivity index (χ1n) is 8.36. The number of likely N-dealkylation sites (tertiary alicyclic amines) is 1. The predicted molar refractivity (Wildman–Crippen MR) is 86.0 cm³/mol. The summed E-state index contributed by atoms with van der Waals surface area (Å²) in [6.45, 7) is 8.64. The Kier molecular flexibility index (Phi) is 4.84. The van der Waals surface area contributed by atoms with Gasteiger partial charge in [0, 0.05) is 46.0 Å². The summed E-state index contributed by atoms with van der Waals surface area (Å²) in [4.78, 5) is 17.3. The van der Waals surface area contributed by atoms with Crippen molar-refractivity contribution >= 4 is 5.91 Å². The van der Waals surface area contributed by atoms with Crippen molar-refractivity contribution in [2.75, 3.05) is 45.9 Å². The topological polar surface area (TPSA) is 37.7 Å². The summed E-state index contributed by atoms with van der Waals surface area (Å²) in [6, 6.07) is 2.02. The molecule has 122 valence electrons. The van der Waals surface area contributed by atoms with Gasteiger partial charge in [-0.15, -0.1) is 0 Å². The number of rotatable bonds is 3. The highest BCUT2D eigenvalue weighted by Crippen LogP contribution is 2.21. The zero-order chi connectivity index (χ0) is 15.5. The Morgan fingerprint density at radius 2 is 2.09 bits per heavy atom. The molecule has 2 fully saturated rings. The molecular weight excluding hydrogens is 278 g/mol. The Hall–Kier alpha value is -1.33. The Bertz CT molecular complexity index is 500. The number of ether oxygens (including phenoxy) is 1. The second-order valence-corrected chi connectivity index (χ2v) is 6.63. The van der Waals surface area contributed by atoms with Crippen LogP contribution in [0.15, 0.2) is 12.3 Å². The average Bonchev–Trinajstić information content (AvgIpc) is 2.87. The Labute approximate surface area is 132 Å². The summed E-state index contributed by atoms with van der Waals surface area (Å²) >= 11 is 0. The number of piperidine rings is 1. The molecule has 0 radical (unpaired) electrons. The van der Waals surface area contributed by atoms with E-state index in [9.17, 15) is 4.79 Å². The number of aromatic nitrogens is 1. The van der Waals surface area contributed by atoms with Crippen LogP contribution in [0.2, 0.25) is 0 Å². The SMILES string of the molecule is Cc1ccn(C)c1C(=O)N1CCC[C@H](CN2CCOCC2)C1. The van der Waals surface area contributed by atoms with Gasteiger partial charge < -0.3 is 14.2 Å². The van der Waals surface area contributed by atoms with Crippen LogP contribution in [0.4, 0.5) is 0 Å². The average molecular weight is 305 g/mol. The van der Waals surface area contributed by atoms with Crippen LogP contribution in [-0.2, 0) is 11.8 Å². The van der Waals surface area contributed by atoms with Crippen molar-refractivity contribution in [1.29, 1.82) is 0 Å². The van der Waals surface area contributed by atoms with Crippen LogP contribution in [0, 0.1) is 12.8 Å². The van der Waals surface area contributed by atoms with Gasteiger partial charge in [-0.1, -0.05) is 0 Å². The van der Waals surface area contributed by atoms with Gasteiger partial charge in [0.1, 0.15) is 5.69 Å². The molecule has 22 heavy (non-hydrogen) atoms. The molecule has 2 aliphatic heterocycles. The van der Waals surface area contributed by atoms with E-state index < -0.39 is 0 Å². The molecule has 3 rings (SSSR count). The quantitative estimate of drug-likeness (QED) is 0.850. The number of amides is 1. The molecule has 1 aromatic heterocycles. The number of nitrogens with zero attached hydrogens (tertiary/aromatic N) is 3. The molecule has 1 amide bonds. The maximum Gasteiger partial charge on any atom is 0.270 e. The summed E-state index contributed by atoms with van der Waals surface area (Å²) in [7, 11) is 1.95. The molecule has 1 atom stereocenters. The first kappa shape index (κ1) is 15.6. The Balaban J connectivity index is 1.61. The van der Waals surface area contributed by atoms with Crippen molar-refractivity contribution < 1.29 is 9.53 Å². The molecule has 0 unspecified atom stereocenters. The number of hydrogen-bond acceptors (Lipinski definition) is 3. The summed E-state index contributed by atoms with van der Waals surface area (Å²) in [5.74, 6) is 0.785. The number of morpholine rings is 1. The van der Waals surface area contributed by atoms with E-state index in [1.54, 1.807) is 0 Å². The lowest BCUT2D eigenvalue weighted by Crippen LogP contribution is -2.46. The summed E-state index contributed by atoms with van der Waals surface area (Å²) in [6.07, 6.45) is 4.31. The first-order chi connectivity index (χ1) is 10.6. The zero-order valence-electron chi connectivity index (χ0n) is 13.8. The van der Waals surface area contributed by atoms with Gasteiger partial charge >= 0.3 is 0 Å². The number of hydrogen-bond donors (Lipinski definition) is 0. The van der Waals surface area contributed by atoms with E-state index in [0.29, 0.717) is 5.92 Å². The van der Waals surface area contributed by atoms with E-state index in [4.69, 9.17) is 4.74 Å². The smallest absolute Gasteiger partial charge is 0.270 e. The molecule has 1 aromatic rings. The van der Waals surface area contributed by atoms with E-state index in [1.165, 1.54) is 6.42 Å². The lowest BCUT2D eigenvalue weighted by molar-refractivity contribution is 0.0222. The zero-order valence-corrected chi connectivity index (χ0v) is 13.8. The van der Waals surface area contributed by atoms with Gasteiger partial charge in [0.25, 0.3) is 5.91 Å². The largest absolute Gasteiger partial charge is 0.379 e. The lowest BCUT2D eigenvalue weighted by atomic mass is 9.96. The summed E-state index contributed by atoms with van der Waals surface area (Å²) in [5, 5.41) is 0. The molecule has 0 saturated carbocycles. The van der Waals surface area contributed by atoms with E-state index >= 15 is 0 Å². The van der Waals surface area contributed by atoms with Gasteiger partial charge in [-0.2, -0.15) is 0 Å². The molecule has 2 aliphatic rings. The van der Waals surface area contributed by atoms with Gasteiger partial charge in [-0.3, -0.25) is 9.69 Å². The van der Waals surface area contributed by atoms with Crippen LogP contribution in [0.1, 0.15) is 28.9 Å². The van der Waals surface area contributed by atoms with Gasteiger partial charge in [-0.25, -0.2) is 0 Å². The number of aryl methyl sites for hydroxylation is 2. The Morgan fingerprint density at radius 3 is 2.77 bits per heavy atom. The van der Waals surface area contributed by atoms with Crippen molar-refractivity contribution in [2.24, 2.45) is 13.0 Å². The van der Waals surface area contributed by atoms with Gasteiger partial charge in [0.15, 0.2) is 0 Å². The minimum absolute atomic E-state index is 0.191. The molecule has 5 nitrogen and oxygen atoms in total. The van der Waals surface area contributed by atoms with Crippen molar-refractivity contribution in [2.45, 2.75) is 19.8 Å². The van der Waals surface area contributed by atoms with Crippen LogP contribution in [0.3, 0.4) is 0 Å². The normalized spacial score (nSPS) is 23.7. The molecule has 2 saturated heterocycles. The van der Waals surface area contributed by atoms with E-state index in [1.807, 2.05) is 30.8 Å². The summed E-state index contributed by atoms with van der Waals surface area (Å²) < 4.78 is 7.36. The molecule has 0 spiro atoms. The number of carbonyl (C=O) groups is 1. The molecule has 3 heterocycles. The molecular formula is C17H27N3O2. The Morgan fingerprint density at radius 1 is 1.32 bits per heavy atom.